The van der Waals surface area contributed by atoms with Crippen LogP contribution in [0.1, 0.15) is 28.0 Å². The zero-order valence-corrected chi connectivity index (χ0v) is 12.0. The average molecular weight is 319 g/mol. The van der Waals surface area contributed by atoms with Crippen molar-refractivity contribution in [2.75, 3.05) is 0 Å². The molecule has 2 aromatic rings. The maximum absolute atomic E-state index is 12.1. The van der Waals surface area contributed by atoms with Crippen LogP contribution in [-0.4, -0.2) is 16.9 Å². The molecule has 1 aliphatic rings. The Balaban J connectivity index is 1.68. The van der Waals surface area contributed by atoms with Crippen LogP contribution in [0.15, 0.2) is 41.0 Å². The molecule has 0 saturated carbocycles. The van der Waals surface area contributed by atoms with E-state index in [1.807, 2.05) is 0 Å². The van der Waals surface area contributed by atoms with E-state index >= 15 is 0 Å². The minimum absolute atomic E-state index is 0.0323. The highest BCUT2D eigenvalue weighted by atomic mass is 79.9. The summed E-state index contributed by atoms with van der Waals surface area (Å²) in [5, 5.41) is 3.10. The van der Waals surface area contributed by atoms with Gasteiger partial charge in [0.15, 0.2) is 0 Å². The van der Waals surface area contributed by atoms with E-state index in [1.54, 1.807) is 12.3 Å². The second-order valence-corrected chi connectivity index (χ2v) is 5.83. The molecule has 19 heavy (non-hydrogen) atoms. The number of aryl methyl sites for hydroxylation is 1. The van der Waals surface area contributed by atoms with E-state index in [1.165, 1.54) is 11.1 Å². The molecule has 1 heterocycles. The lowest BCUT2D eigenvalue weighted by atomic mass is 9.88. The maximum Gasteiger partial charge on any atom is 0.267 e. The Morgan fingerprint density at radius 3 is 2.84 bits per heavy atom. The van der Waals surface area contributed by atoms with Gasteiger partial charge in [0.25, 0.3) is 5.91 Å². The Kier molecular flexibility index (Phi) is 3.42. The predicted octanol–water partition coefficient (Wildman–Crippen LogP) is 3.06. The van der Waals surface area contributed by atoms with E-state index < -0.39 is 0 Å². The van der Waals surface area contributed by atoms with Gasteiger partial charge in [-0.2, -0.15) is 0 Å². The van der Waals surface area contributed by atoms with Crippen LogP contribution >= 0.6 is 15.9 Å². The van der Waals surface area contributed by atoms with Gasteiger partial charge in [-0.05, 0) is 52.4 Å². The number of H-pyrrole nitrogens is 1. The minimum atomic E-state index is -0.0323. The molecule has 0 radical (unpaired) electrons. The fourth-order valence-corrected chi connectivity index (χ4v) is 2.93. The Labute approximate surface area is 120 Å². The molecule has 3 nitrogen and oxygen atoms in total. The number of aromatic nitrogens is 1. The van der Waals surface area contributed by atoms with E-state index in [0.29, 0.717) is 5.69 Å². The van der Waals surface area contributed by atoms with Crippen LogP contribution in [0, 0.1) is 0 Å². The van der Waals surface area contributed by atoms with Crippen molar-refractivity contribution >= 4 is 21.8 Å². The first-order chi connectivity index (χ1) is 9.22. The van der Waals surface area contributed by atoms with Crippen LogP contribution in [0.5, 0.6) is 0 Å². The number of benzene rings is 1. The molecule has 98 valence electrons. The highest BCUT2D eigenvalue weighted by Gasteiger charge is 2.20. The molecular formula is C15H15BrN2O. The molecule has 0 bridgehead atoms. The van der Waals surface area contributed by atoms with E-state index in [-0.39, 0.29) is 11.9 Å². The molecule has 0 spiro atoms. The number of carbonyl (C=O) groups excluding carboxylic acids is 1. The number of aromatic amines is 1. The SMILES string of the molecule is O=C(NC1CCc2ccccc2C1)c1cc(Br)c[nH]1. The van der Waals surface area contributed by atoms with E-state index in [4.69, 9.17) is 0 Å². The largest absolute Gasteiger partial charge is 0.356 e. The zero-order valence-electron chi connectivity index (χ0n) is 10.4. The topological polar surface area (TPSA) is 44.9 Å². The van der Waals surface area contributed by atoms with Crippen LogP contribution in [-0.2, 0) is 12.8 Å². The molecule has 1 aromatic heterocycles. The highest BCUT2D eigenvalue weighted by molar-refractivity contribution is 9.10. The number of nitrogens with one attached hydrogen (secondary N) is 2. The molecule has 2 N–H and O–H groups in total. The van der Waals surface area contributed by atoms with Gasteiger partial charge in [0.1, 0.15) is 5.69 Å². The van der Waals surface area contributed by atoms with Crippen molar-refractivity contribution in [3.05, 3.63) is 57.8 Å². The summed E-state index contributed by atoms with van der Waals surface area (Å²) in [5.41, 5.74) is 3.37. The highest BCUT2D eigenvalue weighted by Crippen LogP contribution is 2.21. The van der Waals surface area contributed by atoms with Gasteiger partial charge in [-0.25, -0.2) is 0 Å². The molecule has 0 fully saturated rings. The molecule has 1 unspecified atom stereocenters. The minimum Gasteiger partial charge on any atom is -0.356 e. The van der Waals surface area contributed by atoms with Crippen molar-refractivity contribution in [1.82, 2.24) is 10.3 Å². The summed E-state index contributed by atoms with van der Waals surface area (Å²) in [6, 6.07) is 10.5. The van der Waals surface area contributed by atoms with Gasteiger partial charge in [-0.1, -0.05) is 24.3 Å². The number of fused-ring (bicyclic) bond motifs is 1. The Morgan fingerprint density at radius 1 is 1.32 bits per heavy atom. The van der Waals surface area contributed by atoms with Crippen LogP contribution in [0.3, 0.4) is 0 Å². The summed E-state index contributed by atoms with van der Waals surface area (Å²) in [4.78, 5) is 15.0. The lowest BCUT2D eigenvalue weighted by Crippen LogP contribution is -2.38. The van der Waals surface area contributed by atoms with Gasteiger partial charge in [-0.3, -0.25) is 4.79 Å². The fourth-order valence-electron chi connectivity index (χ4n) is 2.58. The summed E-state index contributed by atoms with van der Waals surface area (Å²) < 4.78 is 0.895. The Morgan fingerprint density at radius 2 is 2.11 bits per heavy atom. The number of hydrogen-bond donors (Lipinski definition) is 2. The Hall–Kier alpha value is -1.55. The summed E-state index contributed by atoms with van der Waals surface area (Å²) in [5.74, 6) is -0.0323. The molecule has 0 saturated heterocycles. The van der Waals surface area contributed by atoms with Crippen molar-refractivity contribution in [2.45, 2.75) is 25.3 Å². The van der Waals surface area contributed by atoms with Crippen molar-refractivity contribution in [1.29, 1.82) is 0 Å². The van der Waals surface area contributed by atoms with Gasteiger partial charge in [-0.15, -0.1) is 0 Å². The number of hydrogen-bond acceptors (Lipinski definition) is 1. The first kappa shape index (κ1) is 12.5. The predicted molar refractivity (Wildman–Crippen MR) is 78.2 cm³/mol. The molecule has 1 aromatic carbocycles. The van der Waals surface area contributed by atoms with Gasteiger partial charge in [0.2, 0.25) is 0 Å². The van der Waals surface area contributed by atoms with Crippen molar-refractivity contribution < 1.29 is 4.79 Å². The molecule has 0 aliphatic heterocycles. The number of halogens is 1. The van der Waals surface area contributed by atoms with Gasteiger partial charge < -0.3 is 10.3 Å². The fraction of sp³-hybridized carbons (Fsp3) is 0.267. The third-order valence-corrected chi connectivity index (χ3v) is 4.03. The molecule has 1 atom stereocenters. The van der Waals surface area contributed by atoms with Crippen LogP contribution in [0.4, 0.5) is 0 Å². The maximum atomic E-state index is 12.1. The van der Waals surface area contributed by atoms with E-state index in [9.17, 15) is 4.79 Å². The molecular weight excluding hydrogens is 304 g/mol. The lowest BCUT2D eigenvalue weighted by molar-refractivity contribution is 0.0929. The first-order valence-electron chi connectivity index (χ1n) is 6.44. The lowest BCUT2D eigenvalue weighted by Gasteiger charge is -2.25. The number of amides is 1. The van der Waals surface area contributed by atoms with Crippen molar-refractivity contribution in [2.24, 2.45) is 0 Å². The standard InChI is InChI=1S/C15H15BrN2O/c16-12-8-14(17-9-12)15(19)18-13-6-5-10-3-1-2-4-11(10)7-13/h1-4,8-9,13,17H,5-7H2,(H,18,19). The van der Waals surface area contributed by atoms with Crippen molar-refractivity contribution in [3.8, 4) is 0 Å². The van der Waals surface area contributed by atoms with Crippen molar-refractivity contribution in [3.63, 3.8) is 0 Å². The average Bonchev–Trinajstić information content (AvgIpc) is 2.85. The second kappa shape index (κ2) is 5.21. The number of rotatable bonds is 2. The summed E-state index contributed by atoms with van der Waals surface area (Å²) in [6.45, 7) is 0. The monoisotopic (exact) mass is 318 g/mol. The van der Waals surface area contributed by atoms with Crippen LogP contribution in [0.25, 0.3) is 0 Å². The number of carbonyl (C=O) groups is 1. The van der Waals surface area contributed by atoms with Crippen LogP contribution in [0.2, 0.25) is 0 Å². The van der Waals surface area contributed by atoms with E-state index in [2.05, 4.69) is 50.5 Å². The van der Waals surface area contributed by atoms with E-state index in [0.717, 1.165) is 23.7 Å². The summed E-state index contributed by atoms with van der Waals surface area (Å²) in [6.07, 6.45) is 4.73. The zero-order chi connectivity index (χ0) is 13.2. The smallest absolute Gasteiger partial charge is 0.267 e. The Bertz CT molecular complexity index is 606. The second-order valence-electron chi connectivity index (χ2n) is 4.91. The van der Waals surface area contributed by atoms with Gasteiger partial charge in [0, 0.05) is 16.7 Å². The molecule has 3 rings (SSSR count). The molecule has 1 amide bonds. The summed E-state index contributed by atoms with van der Waals surface area (Å²) in [7, 11) is 0. The third-order valence-electron chi connectivity index (χ3n) is 3.57. The normalized spacial score (nSPS) is 17.8. The molecule has 4 heteroatoms. The van der Waals surface area contributed by atoms with Crippen LogP contribution < -0.4 is 5.32 Å². The quantitative estimate of drug-likeness (QED) is 0.878. The van der Waals surface area contributed by atoms with Gasteiger partial charge >= 0.3 is 0 Å². The first-order valence-corrected chi connectivity index (χ1v) is 7.23. The summed E-state index contributed by atoms with van der Waals surface area (Å²) >= 11 is 3.34. The van der Waals surface area contributed by atoms with Gasteiger partial charge in [0.05, 0.1) is 0 Å². The molecule has 1 aliphatic carbocycles. The third kappa shape index (κ3) is 2.73.